The molecule has 0 atom stereocenters. The van der Waals surface area contributed by atoms with Crippen LogP contribution in [-0.4, -0.2) is 11.8 Å². The van der Waals surface area contributed by atoms with Crippen molar-refractivity contribution in [1.82, 2.24) is 0 Å². The molecule has 0 aromatic heterocycles. The fraction of sp³-hybridized carbons (Fsp3) is 0.0909. The molecule has 0 radical (unpaired) electrons. The Hall–Kier alpha value is -2.10. The van der Waals surface area contributed by atoms with Crippen molar-refractivity contribution < 1.29 is 9.59 Å². The van der Waals surface area contributed by atoms with Gasteiger partial charge in [-0.05, 0) is 23.8 Å². The Kier molecular flexibility index (Phi) is 2.25. The molecule has 1 aromatic carbocycles. The molecule has 2 amide bonds. The lowest BCUT2D eigenvalue weighted by Gasteiger charge is -2.04. The van der Waals surface area contributed by atoms with Crippen LogP contribution in [0.3, 0.4) is 0 Å². The van der Waals surface area contributed by atoms with E-state index in [1.165, 1.54) is 6.08 Å². The van der Waals surface area contributed by atoms with E-state index in [4.69, 9.17) is 0 Å². The minimum absolute atomic E-state index is 0.0165. The van der Waals surface area contributed by atoms with Gasteiger partial charge in [0, 0.05) is 11.4 Å². The highest BCUT2D eigenvalue weighted by atomic mass is 16.2. The quantitative estimate of drug-likeness (QED) is 0.710. The summed E-state index contributed by atoms with van der Waals surface area (Å²) in [6.07, 6.45) is 1.61. The molecule has 0 fully saturated rings. The fourth-order valence-electron chi connectivity index (χ4n) is 1.49. The molecule has 1 aliphatic rings. The second-order valence-electron chi connectivity index (χ2n) is 3.29. The van der Waals surface area contributed by atoms with E-state index < -0.39 is 0 Å². The van der Waals surface area contributed by atoms with E-state index in [2.05, 4.69) is 17.2 Å². The summed E-state index contributed by atoms with van der Waals surface area (Å²) in [6.45, 7) is 3.36. The molecule has 0 aliphatic carbocycles. The number of fused-ring (bicyclic) bond motifs is 1. The number of hydrogen-bond acceptors (Lipinski definition) is 2. The lowest BCUT2D eigenvalue weighted by molar-refractivity contribution is -0.115. The average molecular weight is 202 g/mol. The number of carbonyl (C=O) groups is 2. The predicted octanol–water partition coefficient (Wildman–Crippen LogP) is 1.31. The molecule has 76 valence electrons. The van der Waals surface area contributed by atoms with Gasteiger partial charge in [-0.25, -0.2) is 0 Å². The summed E-state index contributed by atoms with van der Waals surface area (Å²) in [7, 11) is 0. The van der Waals surface area contributed by atoms with Gasteiger partial charge >= 0.3 is 0 Å². The van der Waals surface area contributed by atoms with E-state index >= 15 is 0 Å². The molecule has 0 spiro atoms. The van der Waals surface area contributed by atoms with Crippen molar-refractivity contribution in [3.63, 3.8) is 0 Å². The molecule has 1 heterocycles. The van der Waals surface area contributed by atoms with Crippen LogP contribution in [0, 0.1) is 0 Å². The number of hydrogen-bond donors (Lipinski definition) is 2. The van der Waals surface area contributed by atoms with Crippen LogP contribution in [0.5, 0.6) is 0 Å². The van der Waals surface area contributed by atoms with Crippen LogP contribution in [0.2, 0.25) is 0 Å². The van der Waals surface area contributed by atoms with E-state index in [1.807, 2.05) is 6.07 Å². The van der Waals surface area contributed by atoms with Crippen LogP contribution >= 0.6 is 0 Å². The summed E-state index contributed by atoms with van der Waals surface area (Å²) in [5.41, 5.74) is 2.37. The number of nitrogens with one attached hydrogen (secondary N) is 2. The molecule has 1 aromatic rings. The Morgan fingerprint density at radius 3 is 3.07 bits per heavy atom. The topological polar surface area (TPSA) is 58.2 Å². The van der Waals surface area contributed by atoms with Gasteiger partial charge in [0.15, 0.2) is 0 Å². The van der Waals surface area contributed by atoms with Gasteiger partial charge in [0.2, 0.25) is 11.8 Å². The monoisotopic (exact) mass is 202 g/mol. The lowest BCUT2D eigenvalue weighted by atomic mass is 10.1. The number of benzene rings is 1. The molecule has 2 rings (SSSR count). The van der Waals surface area contributed by atoms with Gasteiger partial charge in [-0.1, -0.05) is 12.6 Å². The Balaban J connectivity index is 2.23. The number of anilines is 2. The fourth-order valence-corrected chi connectivity index (χ4v) is 1.49. The minimum atomic E-state index is -0.265. The van der Waals surface area contributed by atoms with Crippen LogP contribution in [0.4, 0.5) is 11.4 Å². The molecule has 0 saturated heterocycles. The molecule has 0 unspecified atom stereocenters. The van der Waals surface area contributed by atoms with Gasteiger partial charge in [0.1, 0.15) is 0 Å². The third kappa shape index (κ3) is 1.88. The van der Waals surface area contributed by atoms with E-state index in [0.29, 0.717) is 12.1 Å². The molecule has 2 N–H and O–H groups in total. The molecular formula is C11H10N2O2. The first kappa shape index (κ1) is 9.45. The maximum Gasteiger partial charge on any atom is 0.247 e. The van der Waals surface area contributed by atoms with Crippen molar-refractivity contribution in [3.05, 3.63) is 36.4 Å². The zero-order valence-electron chi connectivity index (χ0n) is 8.04. The first-order valence-electron chi connectivity index (χ1n) is 4.55. The number of carbonyl (C=O) groups excluding carboxylic acids is 2. The molecule has 1 aliphatic heterocycles. The van der Waals surface area contributed by atoms with Crippen LogP contribution in [0.1, 0.15) is 5.56 Å². The molecule has 0 saturated carbocycles. The largest absolute Gasteiger partial charge is 0.325 e. The Labute approximate surface area is 87.0 Å². The van der Waals surface area contributed by atoms with Crippen molar-refractivity contribution in [3.8, 4) is 0 Å². The number of amides is 2. The van der Waals surface area contributed by atoms with Crippen LogP contribution in [0.25, 0.3) is 0 Å². The zero-order chi connectivity index (χ0) is 10.8. The smallest absolute Gasteiger partial charge is 0.247 e. The average Bonchev–Trinajstić information content (AvgIpc) is 2.57. The summed E-state index contributed by atoms with van der Waals surface area (Å²) in [5, 5.41) is 5.34. The Morgan fingerprint density at radius 1 is 1.53 bits per heavy atom. The molecular weight excluding hydrogens is 192 g/mol. The lowest BCUT2D eigenvalue weighted by Crippen LogP contribution is -2.07. The van der Waals surface area contributed by atoms with Crippen LogP contribution < -0.4 is 10.6 Å². The van der Waals surface area contributed by atoms with E-state index in [1.54, 1.807) is 12.1 Å². The number of rotatable bonds is 2. The Morgan fingerprint density at radius 2 is 2.33 bits per heavy atom. The minimum Gasteiger partial charge on any atom is -0.325 e. The van der Waals surface area contributed by atoms with E-state index in [-0.39, 0.29) is 11.8 Å². The Bertz CT molecular complexity index is 452. The highest BCUT2D eigenvalue weighted by molar-refractivity contribution is 6.02. The summed E-state index contributed by atoms with van der Waals surface area (Å²) in [6, 6.07) is 5.33. The van der Waals surface area contributed by atoms with Crippen molar-refractivity contribution >= 4 is 23.2 Å². The van der Waals surface area contributed by atoms with Gasteiger partial charge in [-0.15, -0.1) is 0 Å². The summed E-state index contributed by atoms with van der Waals surface area (Å²) >= 11 is 0. The van der Waals surface area contributed by atoms with Gasteiger partial charge in [0.25, 0.3) is 0 Å². The maximum absolute atomic E-state index is 11.1. The van der Waals surface area contributed by atoms with Crippen molar-refractivity contribution in [2.45, 2.75) is 6.42 Å². The van der Waals surface area contributed by atoms with Gasteiger partial charge < -0.3 is 10.6 Å². The highest BCUT2D eigenvalue weighted by Gasteiger charge is 2.17. The normalized spacial score (nSPS) is 12.9. The summed E-state index contributed by atoms with van der Waals surface area (Å²) < 4.78 is 0. The van der Waals surface area contributed by atoms with Crippen molar-refractivity contribution in [2.75, 3.05) is 10.6 Å². The van der Waals surface area contributed by atoms with E-state index in [0.717, 1.165) is 11.3 Å². The highest BCUT2D eigenvalue weighted by Crippen LogP contribution is 2.26. The SMILES string of the molecule is C=CC(=O)Nc1ccc2c(c1)NC(=O)C2. The maximum atomic E-state index is 11.1. The van der Waals surface area contributed by atoms with Gasteiger partial charge in [-0.2, -0.15) is 0 Å². The third-order valence-corrected chi connectivity index (χ3v) is 2.19. The third-order valence-electron chi connectivity index (χ3n) is 2.19. The summed E-state index contributed by atoms with van der Waals surface area (Å²) in [4.78, 5) is 22.1. The van der Waals surface area contributed by atoms with Crippen LogP contribution in [0.15, 0.2) is 30.9 Å². The second kappa shape index (κ2) is 3.57. The van der Waals surface area contributed by atoms with Crippen LogP contribution in [-0.2, 0) is 16.0 Å². The standard InChI is InChI=1S/C11H10N2O2/c1-2-10(14)12-8-4-3-7-5-11(15)13-9(7)6-8/h2-4,6H,1,5H2,(H,12,14)(H,13,15). The molecule has 4 nitrogen and oxygen atoms in total. The molecule has 15 heavy (non-hydrogen) atoms. The van der Waals surface area contributed by atoms with Gasteiger partial charge in [0.05, 0.1) is 6.42 Å². The van der Waals surface area contributed by atoms with Crippen molar-refractivity contribution in [2.24, 2.45) is 0 Å². The first-order valence-corrected chi connectivity index (χ1v) is 4.55. The molecule has 4 heteroatoms. The summed E-state index contributed by atoms with van der Waals surface area (Å²) in [5.74, 6) is -0.281. The van der Waals surface area contributed by atoms with Gasteiger partial charge in [-0.3, -0.25) is 9.59 Å². The predicted molar refractivity (Wildman–Crippen MR) is 57.6 cm³/mol. The zero-order valence-corrected chi connectivity index (χ0v) is 8.04. The van der Waals surface area contributed by atoms with Crippen molar-refractivity contribution in [1.29, 1.82) is 0 Å². The first-order chi connectivity index (χ1) is 7.19. The second-order valence-corrected chi connectivity index (χ2v) is 3.29. The van der Waals surface area contributed by atoms with E-state index in [9.17, 15) is 9.59 Å². The molecule has 0 bridgehead atoms.